The summed E-state index contributed by atoms with van der Waals surface area (Å²) >= 11 is 0. The van der Waals surface area contributed by atoms with Crippen LogP contribution in [0.3, 0.4) is 0 Å². The number of aromatic nitrogens is 5. The van der Waals surface area contributed by atoms with Crippen molar-refractivity contribution in [1.82, 2.24) is 24.5 Å². The molecule has 0 saturated heterocycles. The fourth-order valence-corrected chi connectivity index (χ4v) is 5.59. The van der Waals surface area contributed by atoms with Crippen LogP contribution in [0.15, 0.2) is 59.8 Å². The Bertz CT molecular complexity index is 2200. The number of aryl methyl sites for hydroxylation is 1. The summed E-state index contributed by atoms with van der Waals surface area (Å²) in [5.41, 5.74) is -2.60. The van der Waals surface area contributed by atoms with Gasteiger partial charge in [-0.3, -0.25) is 9.78 Å². The Kier molecular flexibility index (Phi) is 7.82. The number of nitrogens with zero attached hydrogens (tertiary/aromatic N) is 7. The number of halogens is 5. The molecule has 0 bridgehead atoms. The molecule has 0 amide bonds. The monoisotopic (exact) mass is 661 g/mol. The van der Waals surface area contributed by atoms with E-state index in [4.69, 9.17) is 0 Å². The highest BCUT2D eigenvalue weighted by Gasteiger charge is 2.54. The Hall–Kier alpha value is -5.57. The molecule has 0 spiro atoms. The fraction of sp³-hybridized carbons (Fsp3) is 0.333. The molecule has 1 atom stereocenters. The minimum atomic E-state index is -4.55. The molecule has 1 aliphatic rings. The maximum Gasteiger partial charge on any atom is 0.395 e. The van der Waals surface area contributed by atoms with Crippen LogP contribution in [-0.4, -0.2) is 43.7 Å². The highest BCUT2D eigenvalue weighted by atomic mass is 19.4. The summed E-state index contributed by atoms with van der Waals surface area (Å²) in [5.74, 6) is 0. The maximum absolute atomic E-state index is 14.0. The van der Waals surface area contributed by atoms with Gasteiger partial charge in [-0.2, -0.15) is 23.7 Å². The smallest absolute Gasteiger partial charge is 0.382 e. The molecule has 2 aromatic carbocycles. The summed E-state index contributed by atoms with van der Waals surface area (Å²) in [7, 11) is 1.61. The van der Waals surface area contributed by atoms with Crippen LogP contribution >= 0.6 is 0 Å². The normalized spacial score (nSPS) is 14.9. The van der Waals surface area contributed by atoms with E-state index in [1.165, 1.54) is 29.1 Å². The van der Waals surface area contributed by atoms with Crippen molar-refractivity contribution < 1.29 is 22.0 Å². The van der Waals surface area contributed by atoms with E-state index in [1.54, 1.807) is 37.5 Å². The van der Waals surface area contributed by atoms with Crippen molar-refractivity contribution in [2.45, 2.75) is 50.9 Å². The molecular weight excluding hydrogens is 633 g/mol. The van der Waals surface area contributed by atoms with Gasteiger partial charge in [0, 0.05) is 42.4 Å². The Morgan fingerprint density at radius 2 is 1.77 bits per heavy atom. The lowest BCUT2D eigenvalue weighted by Gasteiger charge is -2.28. The molecule has 1 fully saturated rings. The molecule has 246 valence electrons. The molecule has 2 N–H and O–H groups in total. The van der Waals surface area contributed by atoms with E-state index in [2.05, 4.69) is 32.0 Å². The van der Waals surface area contributed by atoms with Crippen molar-refractivity contribution in [3.63, 3.8) is 0 Å². The summed E-state index contributed by atoms with van der Waals surface area (Å²) in [4.78, 5) is 17.3. The van der Waals surface area contributed by atoms with Crippen molar-refractivity contribution in [3.05, 3.63) is 87.7 Å². The average Bonchev–Trinajstić information content (AvgIpc) is 3.73. The quantitative estimate of drug-likeness (QED) is 0.174. The lowest BCUT2D eigenvalue weighted by atomic mass is 9.92. The largest absolute Gasteiger partial charge is 0.395 e. The van der Waals surface area contributed by atoms with Gasteiger partial charge in [0.05, 0.1) is 40.0 Å². The van der Waals surface area contributed by atoms with Crippen LogP contribution in [0.1, 0.15) is 55.1 Å². The van der Waals surface area contributed by atoms with Gasteiger partial charge in [-0.15, -0.1) is 5.10 Å². The molecule has 3 aromatic heterocycles. The minimum Gasteiger partial charge on any atom is -0.382 e. The summed E-state index contributed by atoms with van der Waals surface area (Å²) in [6.07, 6.45) is -2.57. The molecule has 3 heterocycles. The number of nitriles is 2. The van der Waals surface area contributed by atoms with E-state index >= 15 is 0 Å². The zero-order valence-electron chi connectivity index (χ0n) is 25.9. The SMILES string of the molecule is Cn1ccc2c(C(Nc3cc(C#N)c4ncc(C#N)c(NCC(C)(C)C(F)(F)F)c4c3)c3cn(C4(C(F)F)CC4)nn3)cccc2c1=O. The van der Waals surface area contributed by atoms with Crippen molar-refractivity contribution >= 4 is 33.1 Å². The number of nitrogens with one attached hydrogen (secondary N) is 2. The van der Waals surface area contributed by atoms with Crippen LogP contribution in [0.4, 0.5) is 33.3 Å². The number of pyridine rings is 2. The Morgan fingerprint density at radius 1 is 1.04 bits per heavy atom. The number of hydrogen-bond donors (Lipinski definition) is 2. The molecule has 10 nitrogen and oxygen atoms in total. The van der Waals surface area contributed by atoms with Crippen molar-refractivity contribution in [3.8, 4) is 12.1 Å². The second-order valence-corrected chi connectivity index (χ2v) is 12.5. The molecule has 5 aromatic rings. The first-order valence-electron chi connectivity index (χ1n) is 14.8. The molecule has 0 radical (unpaired) electrons. The molecule has 1 unspecified atom stereocenters. The predicted octanol–water partition coefficient (Wildman–Crippen LogP) is 6.38. The van der Waals surface area contributed by atoms with Crippen molar-refractivity contribution in [2.75, 3.05) is 17.2 Å². The van der Waals surface area contributed by atoms with Gasteiger partial charge in [-0.05, 0) is 61.9 Å². The second-order valence-electron chi connectivity index (χ2n) is 12.5. The zero-order chi connectivity index (χ0) is 34.6. The van der Waals surface area contributed by atoms with Gasteiger partial charge >= 0.3 is 6.18 Å². The van der Waals surface area contributed by atoms with E-state index in [1.807, 2.05) is 6.07 Å². The van der Waals surface area contributed by atoms with Crippen molar-refractivity contribution in [2.24, 2.45) is 12.5 Å². The maximum atomic E-state index is 14.0. The standard InChI is InChI=1S/C33H28F5N9O/c1-31(2,33(36,37)38)17-42-27-19(14-40)15-41-26-18(13-39)11-20(12-24(26)27)43-28(25-16-47(45-44-25)32(8-9-32)30(34)35)22-5-4-6-23-21(22)7-10-46(3)29(23)48/h4-7,10-12,15-16,28,30,43H,8-9,17H2,1-3H3,(H,41,42). The molecule has 6 rings (SSSR count). The third kappa shape index (κ3) is 5.45. The number of benzene rings is 2. The third-order valence-corrected chi connectivity index (χ3v) is 8.90. The van der Waals surface area contributed by atoms with Crippen LogP contribution in [0.2, 0.25) is 0 Å². The fourth-order valence-electron chi connectivity index (χ4n) is 5.59. The third-order valence-electron chi connectivity index (χ3n) is 8.90. The highest BCUT2D eigenvalue weighted by Crippen LogP contribution is 2.48. The van der Waals surface area contributed by atoms with E-state index in [9.17, 15) is 37.3 Å². The van der Waals surface area contributed by atoms with Crippen molar-refractivity contribution in [1.29, 1.82) is 10.5 Å². The summed E-state index contributed by atoms with van der Waals surface area (Å²) in [6.45, 7) is 1.47. The summed E-state index contributed by atoms with van der Waals surface area (Å²) < 4.78 is 71.7. The molecule has 15 heteroatoms. The first-order chi connectivity index (χ1) is 22.7. The second kappa shape index (κ2) is 11.6. The number of anilines is 2. The zero-order valence-corrected chi connectivity index (χ0v) is 25.9. The van der Waals surface area contributed by atoms with E-state index in [-0.39, 0.29) is 57.5 Å². The lowest BCUT2D eigenvalue weighted by Crippen LogP contribution is -2.38. The molecule has 0 aliphatic heterocycles. The Morgan fingerprint density at radius 3 is 2.42 bits per heavy atom. The molecular formula is C33H28F5N9O. The van der Waals surface area contributed by atoms with Gasteiger partial charge in [0.25, 0.3) is 12.0 Å². The molecule has 48 heavy (non-hydrogen) atoms. The van der Waals surface area contributed by atoms with Crippen LogP contribution in [-0.2, 0) is 12.6 Å². The Balaban J connectivity index is 1.52. The topological polar surface area (TPSA) is 137 Å². The van der Waals surface area contributed by atoms with Gasteiger partial charge in [-0.1, -0.05) is 17.3 Å². The Labute approximate surface area is 270 Å². The molecule has 1 aliphatic carbocycles. The number of hydrogen-bond acceptors (Lipinski definition) is 8. The van der Waals surface area contributed by atoms with Gasteiger partial charge < -0.3 is 15.2 Å². The van der Waals surface area contributed by atoms with Crippen LogP contribution in [0.5, 0.6) is 0 Å². The van der Waals surface area contributed by atoms with Crippen LogP contribution < -0.4 is 16.2 Å². The van der Waals surface area contributed by atoms with Gasteiger partial charge in [0.15, 0.2) is 0 Å². The highest BCUT2D eigenvalue weighted by molar-refractivity contribution is 5.99. The average molecular weight is 662 g/mol. The lowest BCUT2D eigenvalue weighted by molar-refractivity contribution is -0.206. The van der Waals surface area contributed by atoms with E-state index in [0.717, 1.165) is 18.5 Å². The van der Waals surface area contributed by atoms with Gasteiger partial charge in [-0.25, -0.2) is 13.5 Å². The minimum absolute atomic E-state index is 0.0346. The van der Waals surface area contributed by atoms with E-state index in [0.29, 0.717) is 16.3 Å². The van der Waals surface area contributed by atoms with Gasteiger partial charge in [0.2, 0.25) is 0 Å². The van der Waals surface area contributed by atoms with Gasteiger partial charge in [0.1, 0.15) is 23.4 Å². The predicted molar refractivity (Wildman–Crippen MR) is 167 cm³/mol. The molecule has 1 saturated carbocycles. The summed E-state index contributed by atoms with van der Waals surface area (Å²) in [5, 5.41) is 35.4. The van der Waals surface area contributed by atoms with E-state index < -0.39 is 36.1 Å². The van der Waals surface area contributed by atoms with Crippen LogP contribution in [0.25, 0.3) is 21.7 Å². The van der Waals surface area contributed by atoms with Crippen LogP contribution in [0, 0.1) is 28.1 Å². The number of rotatable bonds is 9. The number of fused-ring (bicyclic) bond motifs is 2. The first-order valence-corrected chi connectivity index (χ1v) is 14.8. The summed E-state index contributed by atoms with van der Waals surface area (Å²) in [6, 6.07) is 12.9. The first kappa shape index (κ1) is 32.4. The number of alkyl halides is 5.